The van der Waals surface area contributed by atoms with Crippen LogP contribution in [0.3, 0.4) is 0 Å². The second-order valence-electron chi connectivity index (χ2n) is 7.73. The maximum atomic E-state index is 6.39. The minimum absolute atomic E-state index is 0.368. The number of nitrogens with zero attached hydrogens (tertiary/aromatic N) is 1. The molecule has 0 bridgehead atoms. The summed E-state index contributed by atoms with van der Waals surface area (Å²) in [7, 11) is 0. The van der Waals surface area contributed by atoms with Crippen LogP contribution in [-0.2, 0) is 6.42 Å². The van der Waals surface area contributed by atoms with Crippen LogP contribution in [0.25, 0.3) is 0 Å². The highest BCUT2D eigenvalue weighted by Gasteiger charge is 2.30. The van der Waals surface area contributed by atoms with Crippen LogP contribution < -0.4 is 5.73 Å². The maximum absolute atomic E-state index is 6.39. The topological polar surface area (TPSA) is 29.3 Å². The average molecular weight is 300 g/mol. The number of benzene rings is 1. The fraction of sp³-hybridized carbons (Fsp3) is 0.700. The van der Waals surface area contributed by atoms with Gasteiger partial charge in [-0.25, -0.2) is 0 Å². The second kappa shape index (κ2) is 7.14. The summed E-state index contributed by atoms with van der Waals surface area (Å²) in [5.41, 5.74) is 10.7. The summed E-state index contributed by atoms with van der Waals surface area (Å²) < 4.78 is 0. The molecule has 2 heteroatoms. The monoisotopic (exact) mass is 300 g/mol. The highest BCUT2D eigenvalue weighted by molar-refractivity contribution is 5.30. The molecule has 3 rings (SSSR count). The van der Waals surface area contributed by atoms with Crippen molar-refractivity contribution in [2.75, 3.05) is 13.1 Å². The van der Waals surface area contributed by atoms with Crippen LogP contribution in [0.4, 0.5) is 0 Å². The van der Waals surface area contributed by atoms with E-state index in [0.29, 0.717) is 6.04 Å². The quantitative estimate of drug-likeness (QED) is 0.919. The molecular weight excluding hydrogens is 268 g/mol. The van der Waals surface area contributed by atoms with Crippen molar-refractivity contribution in [2.45, 2.75) is 70.9 Å². The number of hydrogen-bond donors (Lipinski definition) is 1. The van der Waals surface area contributed by atoms with Crippen molar-refractivity contribution >= 4 is 0 Å². The third kappa shape index (κ3) is 3.91. The zero-order valence-electron chi connectivity index (χ0n) is 14.4. The molecule has 2 nitrogen and oxygen atoms in total. The van der Waals surface area contributed by atoms with Gasteiger partial charge in [-0.1, -0.05) is 37.5 Å². The van der Waals surface area contributed by atoms with Crippen molar-refractivity contribution in [2.24, 2.45) is 11.7 Å². The average Bonchev–Trinajstić information content (AvgIpc) is 2.51. The van der Waals surface area contributed by atoms with Crippen molar-refractivity contribution in [3.63, 3.8) is 0 Å². The lowest BCUT2D eigenvalue weighted by molar-refractivity contribution is 0.0870. The van der Waals surface area contributed by atoms with Gasteiger partial charge in [0.05, 0.1) is 0 Å². The standard InChI is InChI=1S/C20H32N2/c1-15-8-9-17(10-16(15)2)11-18-12-19(21)14-22(13-18)20-6-4-3-5-7-20/h8-10,18-20H,3-7,11-14,21H2,1-2H3. The molecule has 1 aromatic carbocycles. The normalized spacial score (nSPS) is 28.0. The second-order valence-corrected chi connectivity index (χ2v) is 7.73. The Balaban J connectivity index is 1.63. The lowest BCUT2D eigenvalue weighted by Crippen LogP contribution is -2.51. The Bertz CT molecular complexity index is 490. The number of likely N-dealkylation sites (tertiary alicyclic amines) is 1. The molecule has 22 heavy (non-hydrogen) atoms. The van der Waals surface area contributed by atoms with Gasteiger partial charge in [0.1, 0.15) is 0 Å². The minimum atomic E-state index is 0.368. The van der Waals surface area contributed by atoms with E-state index in [-0.39, 0.29) is 0 Å². The van der Waals surface area contributed by atoms with Crippen molar-refractivity contribution in [3.05, 3.63) is 34.9 Å². The molecule has 1 heterocycles. The smallest absolute Gasteiger partial charge is 0.0171 e. The summed E-state index contributed by atoms with van der Waals surface area (Å²) in [6.07, 6.45) is 9.43. The van der Waals surface area contributed by atoms with Crippen molar-refractivity contribution in [3.8, 4) is 0 Å². The van der Waals surface area contributed by atoms with E-state index in [1.807, 2.05) is 0 Å². The summed E-state index contributed by atoms with van der Waals surface area (Å²) >= 11 is 0. The maximum Gasteiger partial charge on any atom is 0.0171 e. The van der Waals surface area contributed by atoms with Gasteiger partial charge >= 0.3 is 0 Å². The van der Waals surface area contributed by atoms with Crippen LogP contribution in [0.5, 0.6) is 0 Å². The van der Waals surface area contributed by atoms with Crippen molar-refractivity contribution in [1.29, 1.82) is 0 Å². The third-order valence-electron chi connectivity index (χ3n) is 5.78. The zero-order chi connectivity index (χ0) is 15.5. The molecule has 2 N–H and O–H groups in total. The zero-order valence-corrected chi connectivity index (χ0v) is 14.4. The van der Waals surface area contributed by atoms with Gasteiger partial charge < -0.3 is 5.73 Å². The Hall–Kier alpha value is -0.860. The highest BCUT2D eigenvalue weighted by atomic mass is 15.2. The summed E-state index contributed by atoms with van der Waals surface area (Å²) in [4.78, 5) is 2.72. The van der Waals surface area contributed by atoms with Gasteiger partial charge in [0.25, 0.3) is 0 Å². The summed E-state index contributed by atoms with van der Waals surface area (Å²) in [5.74, 6) is 0.729. The highest BCUT2D eigenvalue weighted by Crippen LogP contribution is 2.28. The molecule has 122 valence electrons. The van der Waals surface area contributed by atoms with Gasteiger partial charge in [-0.05, 0) is 62.1 Å². The molecule has 1 aliphatic heterocycles. The van der Waals surface area contributed by atoms with Crippen LogP contribution in [0.2, 0.25) is 0 Å². The van der Waals surface area contributed by atoms with E-state index in [9.17, 15) is 0 Å². The first-order chi connectivity index (χ1) is 10.6. The fourth-order valence-corrected chi connectivity index (χ4v) is 4.44. The van der Waals surface area contributed by atoms with Gasteiger partial charge in [-0.2, -0.15) is 0 Å². The van der Waals surface area contributed by atoms with Crippen molar-refractivity contribution < 1.29 is 0 Å². The Labute approximate surface area is 136 Å². The molecule has 0 aromatic heterocycles. The van der Waals surface area contributed by atoms with Crippen LogP contribution in [0, 0.1) is 19.8 Å². The molecule has 2 unspecified atom stereocenters. The number of hydrogen-bond acceptors (Lipinski definition) is 2. The molecule has 0 spiro atoms. The van der Waals surface area contributed by atoms with E-state index in [2.05, 4.69) is 36.9 Å². The molecular formula is C20H32N2. The first-order valence-electron chi connectivity index (χ1n) is 9.17. The molecule has 2 aliphatic rings. The lowest BCUT2D eigenvalue weighted by Gasteiger charge is -2.42. The van der Waals surface area contributed by atoms with E-state index in [0.717, 1.165) is 18.5 Å². The first kappa shape index (κ1) is 16.0. The van der Waals surface area contributed by atoms with Gasteiger partial charge in [0.2, 0.25) is 0 Å². The Morgan fingerprint density at radius 2 is 1.82 bits per heavy atom. The Kier molecular flexibility index (Phi) is 5.20. The molecule has 1 saturated carbocycles. The fourth-order valence-electron chi connectivity index (χ4n) is 4.44. The van der Waals surface area contributed by atoms with E-state index in [4.69, 9.17) is 5.73 Å². The number of nitrogens with two attached hydrogens (primary N) is 1. The number of rotatable bonds is 3. The van der Waals surface area contributed by atoms with Gasteiger partial charge in [-0.3, -0.25) is 4.90 Å². The Morgan fingerprint density at radius 1 is 1.05 bits per heavy atom. The summed E-state index contributed by atoms with van der Waals surface area (Å²) in [6.45, 7) is 6.79. The van der Waals surface area contributed by atoms with E-state index < -0.39 is 0 Å². The molecule has 0 radical (unpaired) electrons. The van der Waals surface area contributed by atoms with Crippen LogP contribution in [-0.4, -0.2) is 30.1 Å². The van der Waals surface area contributed by atoms with Crippen molar-refractivity contribution in [1.82, 2.24) is 4.90 Å². The summed E-state index contributed by atoms with van der Waals surface area (Å²) in [5, 5.41) is 0. The minimum Gasteiger partial charge on any atom is -0.327 e. The van der Waals surface area contributed by atoms with E-state index in [1.54, 1.807) is 0 Å². The predicted molar refractivity (Wildman–Crippen MR) is 94.1 cm³/mol. The lowest BCUT2D eigenvalue weighted by atomic mass is 9.85. The largest absolute Gasteiger partial charge is 0.327 e. The molecule has 1 saturated heterocycles. The van der Waals surface area contributed by atoms with Crippen LogP contribution in [0.15, 0.2) is 18.2 Å². The van der Waals surface area contributed by atoms with Gasteiger partial charge in [0, 0.05) is 25.2 Å². The Morgan fingerprint density at radius 3 is 2.55 bits per heavy atom. The number of piperidine rings is 1. The van der Waals surface area contributed by atoms with Crippen LogP contribution >= 0.6 is 0 Å². The SMILES string of the molecule is Cc1ccc(CC2CC(N)CN(C3CCCCC3)C2)cc1C. The molecule has 1 aromatic rings. The number of aryl methyl sites for hydroxylation is 2. The first-order valence-corrected chi connectivity index (χ1v) is 9.17. The van der Waals surface area contributed by atoms with E-state index >= 15 is 0 Å². The van der Waals surface area contributed by atoms with Gasteiger partial charge in [-0.15, -0.1) is 0 Å². The molecule has 2 atom stereocenters. The predicted octanol–water partition coefficient (Wildman–Crippen LogP) is 3.83. The molecule has 0 amide bonds. The van der Waals surface area contributed by atoms with Gasteiger partial charge in [0.15, 0.2) is 0 Å². The molecule has 2 fully saturated rings. The van der Waals surface area contributed by atoms with E-state index in [1.165, 1.54) is 68.2 Å². The third-order valence-corrected chi connectivity index (χ3v) is 5.78. The molecule has 1 aliphatic carbocycles. The summed E-state index contributed by atoms with van der Waals surface area (Å²) in [6, 6.07) is 8.13. The van der Waals surface area contributed by atoms with Crippen LogP contribution in [0.1, 0.15) is 55.2 Å².